The van der Waals surface area contributed by atoms with Crippen molar-refractivity contribution in [1.29, 1.82) is 5.26 Å². The second-order valence-corrected chi connectivity index (χ2v) is 11.3. The third kappa shape index (κ3) is 5.44. The number of nitrogens with one attached hydrogen (secondary N) is 1. The second kappa shape index (κ2) is 11.4. The Balaban J connectivity index is 1.41. The Labute approximate surface area is 233 Å². The first kappa shape index (κ1) is 26.6. The number of benzene rings is 2. The number of nitriles is 1. The van der Waals surface area contributed by atoms with Crippen LogP contribution in [0.5, 0.6) is 0 Å². The number of halogens is 1. The number of aromatic nitrogens is 2. The molecule has 0 radical (unpaired) electrons. The standard InChI is InChI=1S/C28H25FN6O2S2/c1-2-16-6-8-17(9-7-16)24-20(14-30)26(31)35(21-4-3-5-22(36)25(21)24)27-33-34-28(39-27)38-15-23(37)32-19-12-10-18(29)11-13-19/h6-13,24H,2-5,15,31H2,1H3,(H,32,37). The maximum atomic E-state index is 13.3. The number of carbonyl (C=O) groups is 2. The van der Waals surface area contributed by atoms with Gasteiger partial charge in [-0.1, -0.05) is 54.3 Å². The SMILES string of the molecule is CCc1ccc(C2C(C#N)=C(N)N(c3nnc(SCC(=O)Nc4ccc(F)cc4)s3)C3=C2C(=O)CCC3)cc1. The number of anilines is 2. The van der Waals surface area contributed by atoms with E-state index >= 15 is 0 Å². The van der Waals surface area contributed by atoms with Crippen molar-refractivity contribution in [3.05, 3.63) is 88.1 Å². The van der Waals surface area contributed by atoms with Crippen LogP contribution in [-0.4, -0.2) is 27.6 Å². The summed E-state index contributed by atoms with van der Waals surface area (Å²) in [5.74, 6) is -0.875. The number of nitrogens with two attached hydrogens (primary N) is 1. The number of ketones is 1. The molecular weight excluding hydrogens is 535 g/mol. The maximum absolute atomic E-state index is 13.3. The predicted molar refractivity (Wildman–Crippen MR) is 149 cm³/mol. The highest BCUT2D eigenvalue weighted by atomic mass is 32.2. The molecule has 5 rings (SSSR count). The molecule has 0 fully saturated rings. The number of hydrogen-bond donors (Lipinski definition) is 2. The van der Waals surface area contributed by atoms with Gasteiger partial charge in [0.05, 0.1) is 23.3 Å². The van der Waals surface area contributed by atoms with Crippen LogP contribution >= 0.6 is 23.1 Å². The molecule has 3 N–H and O–H groups in total. The number of rotatable bonds is 7. The number of amides is 1. The van der Waals surface area contributed by atoms with Gasteiger partial charge in [0, 0.05) is 23.4 Å². The van der Waals surface area contributed by atoms with Gasteiger partial charge in [0.25, 0.3) is 0 Å². The van der Waals surface area contributed by atoms with Crippen LogP contribution in [0.4, 0.5) is 15.2 Å². The maximum Gasteiger partial charge on any atom is 0.234 e. The summed E-state index contributed by atoms with van der Waals surface area (Å²) in [4.78, 5) is 27.3. The lowest BCUT2D eigenvalue weighted by Gasteiger charge is -2.38. The van der Waals surface area contributed by atoms with Crippen LogP contribution in [0.3, 0.4) is 0 Å². The molecule has 0 saturated heterocycles. The van der Waals surface area contributed by atoms with E-state index in [1.165, 1.54) is 52.9 Å². The van der Waals surface area contributed by atoms with Crippen LogP contribution in [0.15, 0.2) is 75.5 Å². The van der Waals surface area contributed by atoms with E-state index in [9.17, 15) is 19.2 Å². The van der Waals surface area contributed by atoms with E-state index in [1.54, 1.807) is 4.90 Å². The zero-order valence-electron chi connectivity index (χ0n) is 21.1. The van der Waals surface area contributed by atoms with Crippen LogP contribution < -0.4 is 16.0 Å². The van der Waals surface area contributed by atoms with Gasteiger partial charge >= 0.3 is 0 Å². The first-order valence-corrected chi connectivity index (χ1v) is 14.3. The molecule has 11 heteroatoms. The lowest BCUT2D eigenvalue weighted by molar-refractivity contribution is -0.116. The summed E-state index contributed by atoms with van der Waals surface area (Å²) < 4.78 is 13.6. The normalized spacial score (nSPS) is 17.2. The largest absolute Gasteiger partial charge is 0.384 e. The van der Waals surface area contributed by atoms with Gasteiger partial charge in [0.1, 0.15) is 11.6 Å². The van der Waals surface area contributed by atoms with Crippen molar-refractivity contribution >= 4 is 45.6 Å². The molecule has 2 aliphatic rings. The molecule has 1 amide bonds. The Bertz CT molecular complexity index is 1520. The van der Waals surface area contributed by atoms with Crippen molar-refractivity contribution in [2.75, 3.05) is 16.0 Å². The third-order valence-corrected chi connectivity index (χ3v) is 8.72. The van der Waals surface area contributed by atoms with Crippen LogP contribution in [0.25, 0.3) is 0 Å². The van der Waals surface area contributed by atoms with Crippen molar-refractivity contribution in [3.8, 4) is 6.07 Å². The van der Waals surface area contributed by atoms with Crippen LogP contribution in [-0.2, 0) is 16.0 Å². The summed E-state index contributed by atoms with van der Waals surface area (Å²) >= 11 is 2.43. The number of aryl methyl sites for hydroxylation is 1. The highest BCUT2D eigenvalue weighted by molar-refractivity contribution is 8.01. The molecule has 2 heterocycles. The molecule has 1 aliphatic carbocycles. The van der Waals surface area contributed by atoms with E-state index in [4.69, 9.17) is 5.73 Å². The van der Waals surface area contributed by atoms with Crippen LogP contribution in [0, 0.1) is 17.1 Å². The molecule has 8 nitrogen and oxygen atoms in total. The van der Waals surface area contributed by atoms with Crippen molar-refractivity contribution in [1.82, 2.24) is 10.2 Å². The minimum absolute atomic E-state index is 0.00245. The number of nitrogens with zero attached hydrogens (tertiary/aromatic N) is 4. The zero-order chi connectivity index (χ0) is 27.5. The lowest BCUT2D eigenvalue weighted by atomic mass is 9.75. The van der Waals surface area contributed by atoms with Gasteiger partial charge in [-0.15, -0.1) is 10.2 Å². The monoisotopic (exact) mass is 560 g/mol. The molecule has 0 spiro atoms. The fourth-order valence-electron chi connectivity index (χ4n) is 4.79. The summed E-state index contributed by atoms with van der Waals surface area (Å²) in [5.41, 5.74) is 10.8. The minimum atomic E-state index is -0.531. The Morgan fingerprint density at radius 3 is 2.64 bits per heavy atom. The van der Waals surface area contributed by atoms with Crippen molar-refractivity contribution in [3.63, 3.8) is 0 Å². The van der Waals surface area contributed by atoms with Crippen LogP contribution in [0.2, 0.25) is 0 Å². The summed E-state index contributed by atoms with van der Waals surface area (Å²) in [6.45, 7) is 2.07. The Kier molecular flexibility index (Phi) is 7.77. The fraction of sp³-hybridized carbons (Fsp3) is 0.250. The highest BCUT2D eigenvalue weighted by Crippen LogP contribution is 2.47. The van der Waals surface area contributed by atoms with Gasteiger partial charge in [-0.25, -0.2) is 4.39 Å². The molecule has 1 aromatic heterocycles. The third-order valence-electron chi connectivity index (χ3n) is 6.68. The number of thioether (sulfide) groups is 1. The Morgan fingerprint density at radius 1 is 1.21 bits per heavy atom. The van der Waals surface area contributed by atoms with Gasteiger partial charge < -0.3 is 11.1 Å². The van der Waals surface area contributed by atoms with E-state index in [-0.39, 0.29) is 29.1 Å². The van der Waals surface area contributed by atoms with Crippen molar-refractivity contribution in [2.45, 2.75) is 42.9 Å². The minimum Gasteiger partial charge on any atom is -0.384 e. The molecule has 3 aromatic rings. The van der Waals surface area contributed by atoms with Crippen LogP contribution in [0.1, 0.15) is 43.2 Å². The van der Waals surface area contributed by atoms with E-state index in [0.29, 0.717) is 45.6 Å². The topological polar surface area (TPSA) is 125 Å². The Morgan fingerprint density at radius 2 is 1.95 bits per heavy atom. The summed E-state index contributed by atoms with van der Waals surface area (Å²) in [7, 11) is 0. The summed E-state index contributed by atoms with van der Waals surface area (Å²) in [6.07, 6.45) is 2.59. The number of carbonyl (C=O) groups excluding carboxylic acids is 2. The molecule has 2 aromatic carbocycles. The first-order chi connectivity index (χ1) is 18.9. The highest BCUT2D eigenvalue weighted by Gasteiger charge is 2.41. The van der Waals surface area contributed by atoms with Gasteiger partial charge in [0.2, 0.25) is 11.0 Å². The molecule has 198 valence electrons. The smallest absolute Gasteiger partial charge is 0.234 e. The lowest BCUT2D eigenvalue weighted by Crippen LogP contribution is -2.38. The van der Waals surface area contributed by atoms with Crippen molar-refractivity contribution < 1.29 is 14.0 Å². The zero-order valence-corrected chi connectivity index (χ0v) is 22.7. The van der Waals surface area contributed by atoms with E-state index < -0.39 is 5.92 Å². The average Bonchev–Trinajstić information content (AvgIpc) is 3.41. The molecular formula is C28H25FN6O2S2. The quantitative estimate of drug-likeness (QED) is 0.374. The molecule has 39 heavy (non-hydrogen) atoms. The van der Waals surface area contributed by atoms with Gasteiger partial charge in [-0.3, -0.25) is 14.5 Å². The first-order valence-electron chi connectivity index (χ1n) is 12.5. The van der Waals surface area contributed by atoms with Gasteiger partial charge in [-0.2, -0.15) is 5.26 Å². The molecule has 1 unspecified atom stereocenters. The van der Waals surface area contributed by atoms with Gasteiger partial charge in [-0.05, 0) is 54.7 Å². The number of allylic oxidation sites excluding steroid dienone is 3. The van der Waals surface area contributed by atoms with E-state index in [0.717, 1.165) is 17.7 Å². The average molecular weight is 561 g/mol. The Hall–Kier alpha value is -4.01. The van der Waals surface area contributed by atoms with E-state index in [1.807, 2.05) is 24.3 Å². The molecule has 1 atom stereocenters. The molecule has 1 aliphatic heterocycles. The molecule has 0 saturated carbocycles. The second-order valence-electron chi connectivity index (χ2n) is 9.11. The number of Topliss-reactive ketones (excluding diaryl/α,β-unsaturated/α-hetero) is 1. The van der Waals surface area contributed by atoms with Crippen molar-refractivity contribution in [2.24, 2.45) is 5.73 Å². The van der Waals surface area contributed by atoms with Gasteiger partial charge in [0.15, 0.2) is 10.1 Å². The number of hydrogen-bond acceptors (Lipinski definition) is 9. The fourth-order valence-corrected chi connectivity index (χ4v) is 6.47. The summed E-state index contributed by atoms with van der Waals surface area (Å²) in [6, 6.07) is 15.7. The summed E-state index contributed by atoms with van der Waals surface area (Å²) in [5, 5.41) is 21.8. The predicted octanol–water partition coefficient (Wildman–Crippen LogP) is 5.28. The van der Waals surface area contributed by atoms with E-state index in [2.05, 4.69) is 28.5 Å². The molecule has 0 bridgehead atoms.